The highest BCUT2D eigenvalue weighted by Gasteiger charge is 2.21. The number of rotatable bonds is 4. The first-order chi connectivity index (χ1) is 15.0. The van der Waals surface area contributed by atoms with E-state index < -0.39 is 0 Å². The second-order valence-corrected chi connectivity index (χ2v) is 7.72. The Morgan fingerprint density at radius 2 is 1.84 bits per heavy atom. The van der Waals surface area contributed by atoms with Crippen LogP contribution in [0.15, 0.2) is 24.3 Å². The van der Waals surface area contributed by atoms with Gasteiger partial charge in [-0.3, -0.25) is 0 Å². The minimum Gasteiger partial charge on any atom is -0.378 e. The Morgan fingerprint density at radius 1 is 1.10 bits per heavy atom. The zero-order valence-corrected chi connectivity index (χ0v) is 17.9. The minimum absolute atomic E-state index is 0.197. The third-order valence-electron chi connectivity index (χ3n) is 5.15. The number of hydrogen-bond donors (Lipinski definition) is 1. The largest absolute Gasteiger partial charge is 0.378 e. The molecule has 0 saturated carbocycles. The average molecular weight is 434 g/mol. The highest BCUT2D eigenvalue weighted by atomic mass is 35.5. The SMILES string of the molecule is Cc1cc([C@@H](C)Nc2ccc(Cl)nc2C#N)c2nc(N3CCOCC3)c(C#N)nc2c1. The number of morpholine rings is 1. The number of nitrogens with zero attached hydrogens (tertiary/aromatic N) is 6. The Hall–Kier alpha value is -3.46. The van der Waals surface area contributed by atoms with Gasteiger partial charge in [-0.25, -0.2) is 15.0 Å². The van der Waals surface area contributed by atoms with Crippen molar-refractivity contribution >= 4 is 34.1 Å². The number of nitriles is 2. The molecular formula is C22H20ClN7O. The molecule has 4 rings (SSSR count). The molecule has 0 aliphatic carbocycles. The van der Waals surface area contributed by atoms with Crippen molar-refractivity contribution in [1.29, 1.82) is 10.5 Å². The number of benzene rings is 1. The fraction of sp³-hybridized carbons (Fsp3) is 0.318. The molecule has 3 heterocycles. The molecule has 0 amide bonds. The van der Waals surface area contributed by atoms with Crippen molar-refractivity contribution in [3.63, 3.8) is 0 Å². The monoisotopic (exact) mass is 433 g/mol. The molecule has 0 spiro atoms. The number of hydrogen-bond acceptors (Lipinski definition) is 8. The van der Waals surface area contributed by atoms with Crippen molar-refractivity contribution in [3.8, 4) is 12.1 Å². The second-order valence-electron chi connectivity index (χ2n) is 7.34. The van der Waals surface area contributed by atoms with Crippen LogP contribution in [0.1, 0.15) is 35.5 Å². The van der Waals surface area contributed by atoms with E-state index in [1.807, 2.05) is 30.9 Å². The molecular weight excluding hydrogens is 414 g/mol. The lowest BCUT2D eigenvalue weighted by atomic mass is 10.0. The van der Waals surface area contributed by atoms with Crippen molar-refractivity contribution in [2.45, 2.75) is 19.9 Å². The highest BCUT2D eigenvalue weighted by molar-refractivity contribution is 6.29. The molecule has 156 valence electrons. The van der Waals surface area contributed by atoms with Crippen molar-refractivity contribution in [2.24, 2.45) is 0 Å². The van der Waals surface area contributed by atoms with Gasteiger partial charge in [-0.05, 0) is 37.6 Å². The summed E-state index contributed by atoms with van der Waals surface area (Å²) in [6.07, 6.45) is 0. The van der Waals surface area contributed by atoms with E-state index in [2.05, 4.69) is 27.4 Å². The standard InChI is InChI=1S/C22H20ClN7O/c1-13-9-15(14(2)26-16-3-4-20(23)28-18(16)11-24)21-17(10-13)27-19(12-25)22(29-21)30-5-7-31-8-6-30/h3-4,9-10,14,26H,5-8H2,1-2H3/t14-/m1/s1. The quantitative estimate of drug-likeness (QED) is 0.619. The van der Waals surface area contributed by atoms with Crippen LogP contribution in [0.25, 0.3) is 11.0 Å². The van der Waals surface area contributed by atoms with Gasteiger partial charge in [-0.1, -0.05) is 17.7 Å². The van der Waals surface area contributed by atoms with Crippen LogP contribution >= 0.6 is 11.6 Å². The predicted octanol–water partition coefficient (Wildman–Crippen LogP) is 3.74. The normalized spacial score (nSPS) is 14.7. The summed E-state index contributed by atoms with van der Waals surface area (Å²) in [5.41, 5.74) is 4.41. The van der Waals surface area contributed by atoms with Crippen molar-refractivity contribution < 1.29 is 4.74 Å². The number of halogens is 1. The number of ether oxygens (including phenoxy) is 1. The molecule has 1 aromatic carbocycles. The molecule has 31 heavy (non-hydrogen) atoms. The van der Waals surface area contributed by atoms with Crippen LogP contribution in [0.2, 0.25) is 5.15 Å². The van der Waals surface area contributed by atoms with E-state index in [-0.39, 0.29) is 16.9 Å². The zero-order valence-electron chi connectivity index (χ0n) is 17.2. The highest BCUT2D eigenvalue weighted by Crippen LogP contribution is 2.30. The summed E-state index contributed by atoms with van der Waals surface area (Å²) < 4.78 is 5.43. The molecule has 0 radical (unpaired) electrons. The summed E-state index contributed by atoms with van der Waals surface area (Å²) in [6, 6.07) is 11.4. The van der Waals surface area contributed by atoms with Crippen LogP contribution in [-0.2, 0) is 4.74 Å². The van der Waals surface area contributed by atoms with Gasteiger partial charge in [0.1, 0.15) is 17.3 Å². The van der Waals surface area contributed by atoms with Crippen LogP contribution < -0.4 is 10.2 Å². The Balaban J connectivity index is 1.80. The second kappa shape index (κ2) is 8.73. The molecule has 9 heteroatoms. The molecule has 0 unspecified atom stereocenters. The minimum atomic E-state index is -0.197. The Bertz CT molecular complexity index is 1230. The van der Waals surface area contributed by atoms with Gasteiger partial charge in [-0.2, -0.15) is 10.5 Å². The lowest BCUT2D eigenvalue weighted by molar-refractivity contribution is 0.122. The molecule has 1 N–H and O–H groups in total. The summed E-state index contributed by atoms with van der Waals surface area (Å²) in [7, 11) is 0. The van der Waals surface area contributed by atoms with Crippen LogP contribution in [0.5, 0.6) is 0 Å². The first kappa shape index (κ1) is 20.8. The average Bonchev–Trinajstić information content (AvgIpc) is 2.79. The molecule has 1 atom stereocenters. The fourth-order valence-electron chi connectivity index (χ4n) is 3.67. The predicted molar refractivity (Wildman–Crippen MR) is 118 cm³/mol. The fourth-order valence-corrected chi connectivity index (χ4v) is 3.82. The summed E-state index contributed by atoms with van der Waals surface area (Å²) in [4.78, 5) is 15.6. The van der Waals surface area contributed by atoms with E-state index in [0.717, 1.165) is 11.1 Å². The Morgan fingerprint density at radius 3 is 2.55 bits per heavy atom. The van der Waals surface area contributed by atoms with Gasteiger partial charge >= 0.3 is 0 Å². The first-order valence-corrected chi connectivity index (χ1v) is 10.3. The maximum absolute atomic E-state index is 9.66. The molecule has 1 fully saturated rings. The van der Waals surface area contributed by atoms with Gasteiger partial charge < -0.3 is 15.0 Å². The Kier molecular flexibility index (Phi) is 5.85. The lowest BCUT2D eigenvalue weighted by Crippen LogP contribution is -2.37. The van der Waals surface area contributed by atoms with E-state index in [0.29, 0.717) is 54.5 Å². The number of aromatic nitrogens is 3. The summed E-state index contributed by atoms with van der Waals surface area (Å²) in [5, 5.41) is 22.7. The zero-order chi connectivity index (χ0) is 22.0. The number of anilines is 2. The number of fused-ring (bicyclic) bond motifs is 1. The topological polar surface area (TPSA) is 111 Å². The third kappa shape index (κ3) is 4.22. The van der Waals surface area contributed by atoms with Gasteiger partial charge in [0.15, 0.2) is 17.2 Å². The molecule has 8 nitrogen and oxygen atoms in total. The van der Waals surface area contributed by atoms with Gasteiger partial charge in [0, 0.05) is 18.7 Å². The molecule has 2 aromatic heterocycles. The van der Waals surface area contributed by atoms with E-state index in [1.54, 1.807) is 12.1 Å². The smallest absolute Gasteiger partial charge is 0.183 e. The van der Waals surface area contributed by atoms with Crippen molar-refractivity contribution in [2.75, 3.05) is 36.5 Å². The van der Waals surface area contributed by atoms with E-state index in [9.17, 15) is 10.5 Å². The van der Waals surface area contributed by atoms with Gasteiger partial charge in [0.05, 0.1) is 36.0 Å². The van der Waals surface area contributed by atoms with E-state index in [1.165, 1.54) is 0 Å². The third-order valence-corrected chi connectivity index (χ3v) is 5.36. The molecule has 0 bridgehead atoms. The van der Waals surface area contributed by atoms with Crippen LogP contribution in [0.4, 0.5) is 11.5 Å². The van der Waals surface area contributed by atoms with Crippen LogP contribution in [-0.4, -0.2) is 41.3 Å². The number of nitrogens with one attached hydrogen (secondary N) is 1. The maximum Gasteiger partial charge on any atom is 0.183 e. The van der Waals surface area contributed by atoms with Crippen LogP contribution in [0, 0.1) is 29.6 Å². The summed E-state index contributed by atoms with van der Waals surface area (Å²) in [5.74, 6) is 0.571. The lowest BCUT2D eigenvalue weighted by Gasteiger charge is -2.28. The van der Waals surface area contributed by atoms with Gasteiger partial charge in [-0.15, -0.1) is 0 Å². The maximum atomic E-state index is 9.66. The van der Waals surface area contributed by atoms with Crippen LogP contribution in [0.3, 0.4) is 0 Å². The van der Waals surface area contributed by atoms with E-state index in [4.69, 9.17) is 21.3 Å². The van der Waals surface area contributed by atoms with Crippen molar-refractivity contribution in [1.82, 2.24) is 15.0 Å². The number of pyridine rings is 1. The molecule has 1 aliphatic heterocycles. The summed E-state index contributed by atoms with van der Waals surface area (Å²) >= 11 is 5.92. The number of aryl methyl sites for hydroxylation is 1. The summed E-state index contributed by atoms with van der Waals surface area (Å²) in [6.45, 7) is 6.45. The molecule has 3 aromatic rings. The van der Waals surface area contributed by atoms with Gasteiger partial charge in [0.25, 0.3) is 0 Å². The van der Waals surface area contributed by atoms with E-state index >= 15 is 0 Å². The Labute approximate surface area is 185 Å². The molecule has 1 saturated heterocycles. The van der Waals surface area contributed by atoms with Gasteiger partial charge in [0.2, 0.25) is 0 Å². The molecule has 1 aliphatic rings. The van der Waals surface area contributed by atoms with Crippen molar-refractivity contribution in [3.05, 3.63) is 51.9 Å². The first-order valence-electron chi connectivity index (χ1n) is 9.88.